The van der Waals surface area contributed by atoms with Crippen LogP contribution in [0.2, 0.25) is 0 Å². The average Bonchev–Trinajstić information content (AvgIpc) is 2.95. The van der Waals surface area contributed by atoms with Gasteiger partial charge >= 0.3 is 0 Å². The molecule has 0 radical (unpaired) electrons. The Morgan fingerprint density at radius 1 is 1.24 bits per heavy atom. The number of aromatic nitrogens is 2. The quantitative estimate of drug-likeness (QED) is 0.722. The third-order valence-corrected chi connectivity index (χ3v) is 7.31. The molecule has 9 heteroatoms. The summed E-state index contributed by atoms with van der Waals surface area (Å²) in [6.07, 6.45) is 3.96. The topological polar surface area (TPSA) is 90.5 Å². The Morgan fingerprint density at radius 2 is 2.04 bits per heavy atom. The van der Waals surface area contributed by atoms with Crippen molar-refractivity contribution in [1.29, 1.82) is 0 Å². The fraction of sp³-hybridized carbons (Fsp3) is 0.750. The Bertz CT molecular complexity index is 719. The van der Waals surface area contributed by atoms with E-state index in [0.29, 0.717) is 6.04 Å². The van der Waals surface area contributed by atoms with E-state index in [1.165, 1.54) is 0 Å². The SMILES string of the molecule is CNC1CCN(c2nccc(N3CCN[C@H]4CS(=O)(=O)C[C@H]43)n2)CC1. The second-order valence-electron chi connectivity index (χ2n) is 7.16. The Kier molecular flexibility index (Phi) is 4.55. The molecule has 0 saturated carbocycles. The number of anilines is 2. The van der Waals surface area contributed by atoms with Crippen LogP contribution in [0.4, 0.5) is 11.8 Å². The zero-order valence-corrected chi connectivity index (χ0v) is 15.4. The summed E-state index contributed by atoms with van der Waals surface area (Å²) in [6, 6.07) is 2.44. The van der Waals surface area contributed by atoms with Crippen LogP contribution < -0.4 is 20.4 Å². The van der Waals surface area contributed by atoms with Crippen LogP contribution in [0.3, 0.4) is 0 Å². The Morgan fingerprint density at radius 3 is 2.80 bits per heavy atom. The van der Waals surface area contributed by atoms with Gasteiger partial charge in [-0.05, 0) is 26.0 Å². The van der Waals surface area contributed by atoms with Gasteiger partial charge in [0.25, 0.3) is 0 Å². The molecule has 0 bridgehead atoms. The highest BCUT2D eigenvalue weighted by Gasteiger charge is 2.43. The summed E-state index contributed by atoms with van der Waals surface area (Å²) < 4.78 is 24.1. The van der Waals surface area contributed by atoms with Crippen LogP contribution in [0, 0.1) is 0 Å². The van der Waals surface area contributed by atoms with Crippen LogP contribution in [-0.4, -0.2) is 81.2 Å². The maximum Gasteiger partial charge on any atom is 0.227 e. The van der Waals surface area contributed by atoms with E-state index in [2.05, 4.69) is 25.4 Å². The highest BCUT2D eigenvalue weighted by Crippen LogP contribution is 2.27. The van der Waals surface area contributed by atoms with Crippen LogP contribution in [-0.2, 0) is 9.84 Å². The number of piperazine rings is 1. The Balaban J connectivity index is 1.53. The molecule has 4 rings (SSSR count). The molecular formula is C16H26N6O2S. The van der Waals surface area contributed by atoms with E-state index in [-0.39, 0.29) is 23.6 Å². The Hall–Kier alpha value is -1.45. The van der Waals surface area contributed by atoms with Gasteiger partial charge in [0.1, 0.15) is 5.82 Å². The molecule has 4 heterocycles. The van der Waals surface area contributed by atoms with Crippen LogP contribution in [0.1, 0.15) is 12.8 Å². The van der Waals surface area contributed by atoms with Crippen molar-refractivity contribution in [1.82, 2.24) is 20.6 Å². The molecule has 0 unspecified atom stereocenters. The average molecular weight is 366 g/mol. The van der Waals surface area contributed by atoms with Gasteiger partial charge in [0, 0.05) is 44.5 Å². The molecule has 0 amide bonds. The number of hydrogen-bond donors (Lipinski definition) is 2. The first kappa shape index (κ1) is 17.0. The lowest BCUT2D eigenvalue weighted by Gasteiger charge is -2.38. The molecule has 138 valence electrons. The van der Waals surface area contributed by atoms with E-state index in [1.807, 2.05) is 13.1 Å². The third-order valence-electron chi connectivity index (χ3n) is 5.59. The predicted molar refractivity (Wildman–Crippen MR) is 97.9 cm³/mol. The van der Waals surface area contributed by atoms with Crippen molar-refractivity contribution in [2.24, 2.45) is 0 Å². The van der Waals surface area contributed by atoms with Gasteiger partial charge in [-0.1, -0.05) is 0 Å². The predicted octanol–water partition coefficient (Wildman–Crippen LogP) is -0.760. The molecular weight excluding hydrogens is 340 g/mol. The minimum absolute atomic E-state index is 0.00328. The van der Waals surface area contributed by atoms with E-state index in [9.17, 15) is 8.42 Å². The van der Waals surface area contributed by atoms with Crippen molar-refractivity contribution in [3.05, 3.63) is 12.3 Å². The van der Waals surface area contributed by atoms with E-state index in [1.54, 1.807) is 6.20 Å². The van der Waals surface area contributed by atoms with Gasteiger partial charge in [-0.25, -0.2) is 13.4 Å². The molecule has 0 spiro atoms. The number of nitrogens with one attached hydrogen (secondary N) is 2. The number of rotatable bonds is 3. The maximum atomic E-state index is 12.0. The van der Waals surface area contributed by atoms with Gasteiger partial charge in [0.15, 0.2) is 9.84 Å². The lowest BCUT2D eigenvalue weighted by atomic mass is 10.1. The van der Waals surface area contributed by atoms with Crippen molar-refractivity contribution in [3.8, 4) is 0 Å². The number of sulfone groups is 1. The highest BCUT2D eigenvalue weighted by atomic mass is 32.2. The number of hydrogen-bond acceptors (Lipinski definition) is 8. The fourth-order valence-electron chi connectivity index (χ4n) is 4.17. The van der Waals surface area contributed by atoms with Gasteiger partial charge in [0.05, 0.1) is 17.5 Å². The minimum Gasteiger partial charge on any atom is -0.350 e. The molecule has 2 N–H and O–H groups in total. The van der Waals surface area contributed by atoms with Crippen LogP contribution in [0.5, 0.6) is 0 Å². The molecule has 1 aromatic rings. The highest BCUT2D eigenvalue weighted by molar-refractivity contribution is 7.91. The minimum atomic E-state index is -2.97. The zero-order chi connectivity index (χ0) is 17.4. The molecule has 3 aliphatic rings. The van der Waals surface area contributed by atoms with Gasteiger partial charge in [-0.3, -0.25) is 0 Å². The van der Waals surface area contributed by atoms with E-state index < -0.39 is 9.84 Å². The molecule has 3 saturated heterocycles. The summed E-state index contributed by atoms with van der Waals surface area (Å²) in [5, 5.41) is 6.68. The first-order valence-electron chi connectivity index (χ1n) is 9.01. The second kappa shape index (κ2) is 6.69. The second-order valence-corrected chi connectivity index (χ2v) is 9.32. The van der Waals surface area contributed by atoms with Crippen molar-refractivity contribution in [2.75, 3.05) is 54.5 Å². The smallest absolute Gasteiger partial charge is 0.227 e. The van der Waals surface area contributed by atoms with Crippen LogP contribution in [0.15, 0.2) is 12.3 Å². The van der Waals surface area contributed by atoms with E-state index in [0.717, 1.165) is 50.8 Å². The molecule has 2 atom stereocenters. The molecule has 0 aromatic carbocycles. The van der Waals surface area contributed by atoms with Crippen molar-refractivity contribution >= 4 is 21.6 Å². The van der Waals surface area contributed by atoms with Crippen LogP contribution in [0.25, 0.3) is 0 Å². The molecule has 3 fully saturated rings. The number of fused-ring (bicyclic) bond motifs is 1. The first-order valence-corrected chi connectivity index (χ1v) is 10.8. The lowest BCUT2D eigenvalue weighted by Crippen LogP contribution is -2.57. The summed E-state index contributed by atoms with van der Waals surface area (Å²) >= 11 is 0. The largest absolute Gasteiger partial charge is 0.350 e. The summed E-state index contributed by atoms with van der Waals surface area (Å²) in [7, 11) is -0.967. The first-order chi connectivity index (χ1) is 12.1. The maximum absolute atomic E-state index is 12.0. The monoisotopic (exact) mass is 366 g/mol. The summed E-state index contributed by atoms with van der Waals surface area (Å²) in [6.45, 7) is 3.44. The molecule has 8 nitrogen and oxygen atoms in total. The van der Waals surface area contributed by atoms with Crippen molar-refractivity contribution < 1.29 is 8.42 Å². The van der Waals surface area contributed by atoms with E-state index in [4.69, 9.17) is 4.98 Å². The Labute approximate surface area is 148 Å². The normalized spacial score (nSPS) is 29.6. The summed E-state index contributed by atoms with van der Waals surface area (Å²) in [5.41, 5.74) is 0. The van der Waals surface area contributed by atoms with Gasteiger partial charge in [-0.15, -0.1) is 0 Å². The number of piperidine rings is 1. The number of nitrogens with zero attached hydrogens (tertiary/aromatic N) is 4. The molecule has 25 heavy (non-hydrogen) atoms. The zero-order valence-electron chi connectivity index (χ0n) is 14.6. The molecule has 0 aliphatic carbocycles. The van der Waals surface area contributed by atoms with Crippen molar-refractivity contribution in [2.45, 2.75) is 31.0 Å². The van der Waals surface area contributed by atoms with Gasteiger partial charge in [0.2, 0.25) is 5.95 Å². The summed E-state index contributed by atoms with van der Waals surface area (Å²) in [4.78, 5) is 13.6. The van der Waals surface area contributed by atoms with E-state index >= 15 is 0 Å². The van der Waals surface area contributed by atoms with Gasteiger partial charge < -0.3 is 20.4 Å². The molecule has 3 aliphatic heterocycles. The van der Waals surface area contributed by atoms with Crippen molar-refractivity contribution in [3.63, 3.8) is 0 Å². The van der Waals surface area contributed by atoms with Crippen LogP contribution >= 0.6 is 0 Å². The fourth-order valence-corrected chi connectivity index (χ4v) is 6.13. The lowest BCUT2D eigenvalue weighted by molar-refractivity contribution is 0.421. The van der Waals surface area contributed by atoms with Gasteiger partial charge in [-0.2, -0.15) is 4.98 Å². The molecule has 1 aromatic heterocycles. The summed E-state index contributed by atoms with van der Waals surface area (Å²) in [5.74, 6) is 2.03. The third kappa shape index (κ3) is 3.45. The standard InChI is InChI=1S/C16H26N6O2S/c1-17-12-3-7-21(8-4-12)16-19-5-2-15(20-16)22-9-6-18-13-10-25(23,24)11-14(13)22/h2,5,12-14,17-18H,3-4,6-11H2,1H3/t13-,14+/m0/s1.